The second-order valence-electron chi connectivity index (χ2n) is 5.67. The number of hydrogen-bond acceptors (Lipinski definition) is 6. The van der Waals surface area contributed by atoms with Crippen molar-refractivity contribution >= 4 is 23.9 Å². The lowest BCUT2D eigenvalue weighted by Crippen LogP contribution is -2.47. The number of carboxylic acid groups (broad SMARTS) is 2. The zero-order chi connectivity index (χ0) is 19.9. The lowest BCUT2D eigenvalue weighted by atomic mass is 9.78. The van der Waals surface area contributed by atoms with Gasteiger partial charge in [0, 0.05) is 11.1 Å². The van der Waals surface area contributed by atoms with Gasteiger partial charge in [-0.05, 0) is 12.1 Å². The van der Waals surface area contributed by atoms with Gasteiger partial charge < -0.3 is 25.7 Å². The van der Waals surface area contributed by atoms with Gasteiger partial charge in [0.05, 0.1) is 0 Å². The van der Waals surface area contributed by atoms with E-state index in [-0.39, 0.29) is 11.1 Å². The number of aromatic hydroxyl groups is 2. The molecule has 0 aliphatic carbocycles. The largest absolute Gasteiger partial charge is 0.507 e. The molecule has 0 bridgehead atoms. The second-order valence-corrected chi connectivity index (χ2v) is 5.67. The fourth-order valence-corrected chi connectivity index (χ4v) is 3.13. The molecule has 1 aliphatic rings. The van der Waals surface area contributed by atoms with Gasteiger partial charge >= 0.3 is 18.0 Å². The predicted molar refractivity (Wildman–Crippen MR) is 87.6 cm³/mol. The molecule has 10 nitrogen and oxygen atoms in total. The molecule has 27 heavy (non-hydrogen) atoms. The molecule has 0 aromatic heterocycles. The van der Waals surface area contributed by atoms with E-state index in [0.29, 0.717) is 0 Å². The standard InChI is InChI=1S/C17H12N2O8/c20-9-5-1-3-7(11(9)13(22)23)17(15(26)18-16(27)19-17)8-4-2-6-10(21)12(8)14(24)25/h1-6,20-21H,(H,22,23)(H,24,25)(H2,18,19,26,27). The minimum absolute atomic E-state index is 0.369. The number of hydrogen-bond donors (Lipinski definition) is 6. The van der Waals surface area contributed by atoms with E-state index < -0.39 is 52.0 Å². The van der Waals surface area contributed by atoms with Crippen molar-refractivity contribution in [2.75, 3.05) is 0 Å². The van der Waals surface area contributed by atoms with Crippen LogP contribution < -0.4 is 10.6 Å². The maximum absolute atomic E-state index is 12.7. The number of aromatic carboxylic acids is 2. The molecule has 0 saturated carbocycles. The first kappa shape index (κ1) is 17.7. The van der Waals surface area contributed by atoms with E-state index in [1.807, 2.05) is 5.32 Å². The van der Waals surface area contributed by atoms with Crippen LogP contribution in [0.3, 0.4) is 0 Å². The highest BCUT2D eigenvalue weighted by Crippen LogP contribution is 2.41. The van der Waals surface area contributed by atoms with Gasteiger partial charge in [0.15, 0.2) is 5.54 Å². The van der Waals surface area contributed by atoms with Crippen LogP contribution in [0, 0.1) is 0 Å². The number of amides is 3. The number of nitrogens with one attached hydrogen (secondary N) is 2. The van der Waals surface area contributed by atoms with Gasteiger partial charge in [-0.2, -0.15) is 0 Å². The number of urea groups is 1. The van der Waals surface area contributed by atoms with E-state index in [2.05, 4.69) is 5.32 Å². The second kappa shape index (κ2) is 6.02. The summed E-state index contributed by atoms with van der Waals surface area (Å²) in [5.74, 6) is -5.65. The molecule has 1 fully saturated rings. The summed E-state index contributed by atoms with van der Waals surface area (Å²) < 4.78 is 0. The van der Waals surface area contributed by atoms with Crippen LogP contribution in [0.2, 0.25) is 0 Å². The lowest BCUT2D eigenvalue weighted by molar-refractivity contribution is -0.122. The maximum Gasteiger partial charge on any atom is 0.339 e. The monoisotopic (exact) mass is 372 g/mol. The lowest BCUT2D eigenvalue weighted by Gasteiger charge is -2.30. The van der Waals surface area contributed by atoms with Crippen molar-refractivity contribution in [1.29, 1.82) is 0 Å². The van der Waals surface area contributed by atoms with Crippen LogP contribution in [-0.4, -0.2) is 44.3 Å². The third-order valence-corrected chi connectivity index (χ3v) is 4.19. The number of carbonyl (C=O) groups is 4. The molecule has 0 radical (unpaired) electrons. The highest BCUT2D eigenvalue weighted by Gasteiger charge is 2.53. The number of rotatable bonds is 4. The first-order chi connectivity index (χ1) is 12.7. The first-order valence-corrected chi connectivity index (χ1v) is 7.45. The van der Waals surface area contributed by atoms with E-state index in [1.165, 1.54) is 12.1 Å². The zero-order valence-electron chi connectivity index (χ0n) is 13.4. The van der Waals surface area contributed by atoms with E-state index in [9.17, 15) is 39.6 Å². The summed E-state index contributed by atoms with van der Waals surface area (Å²) in [5, 5.41) is 43.1. The summed E-state index contributed by atoms with van der Waals surface area (Å²) in [7, 11) is 0. The Morgan fingerprint density at radius 1 is 0.815 bits per heavy atom. The number of carbonyl (C=O) groups excluding carboxylic acids is 2. The van der Waals surface area contributed by atoms with Crippen LogP contribution >= 0.6 is 0 Å². The van der Waals surface area contributed by atoms with Gasteiger partial charge in [-0.1, -0.05) is 24.3 Å². The Morgan fingerprint density at radius 3 is 1.59 bits per heavy atom. The van der Waals surface area contributed by atoms with Gasteiger partial charge in [0.25, 0.3) is 5.91 Å². The summed E-state index contributed by atoms with van der Waals surface area (Å²) in [6, 6.07) is 5.92. The molecule has 0 spiro atoms. The van der Waals surface area contributed by atoms with Crippen LogP contribution in [0.15, 0.2) is 36.4 Å². The minimum Gasteiger partial charge on any atom is -0.507 e. The average Bonchev–Trinajstić information content (AvgIpc) is 2.88. The number of carboxylic acids is 2. The van der Waals surface area contributed by atoms with E-state index in [1.54, 1.807) is 0 Å². The molecule has 1 aliphatic heterocycles. The Labute approximate surface area is 150 Å². The molecule has 3 rings (SSSR count). The van der Waals surface area contributed by atoms with Crippen molar-refractivity contribution in [1.82, 2.24) is 10.6 Å². The van der Waals surface area contributed by atoms with E-state index >= 15 is 0 Å². The van der Waals surface area contributed by atoms with Crippen LogP contribution in [0.4, 0.5) is 4.79 Å². The molecule has 3 amide bonds. The predicted octanol–water partition coefficient (Wildman–Crippen LogP) is 0.577. The summed E-state index contributed by atoms with van der Waals surface area (Å²) in [5.41, 5.74) is -4.43. The number of imide groups is 1. The molecular formula is C17H12N2O8. The molecular weight excluding hydrogens is 360 g/mol. The van der Waals surface area contributed by atoms with Crippen LogP contribution in [-0.2, 0) is 10.3 Å². The molecule has 138 valence electrons. The van der Waals surface area contributed by atoms with Crippen LogP contribution in [0.1, 0.15) is 31.8 Å². The van der Waals surface area contributed by atoms with Crippen molar-refractivity contribution in [3.05, 3.63) is 58.7 Å². The molecule has 1 saturated heterocycles. The molecule has 10 heteroatoms. The van der Waals surface area contributed by atoms with E-state index in [4.69, 9.17) is 0 Å². The molecule has 2 aromatic carbocycles. The highest BCUT2D eigenvalue weighted by atomic mass is 16.4. The van der Waals surface area contributed by atoms with Crippen molar-refractivity contribution in [2.45, 2.75) is 5.54 Å². The van der Waals surface area contributed by atoms with Gasteiger partial charge in [-0.15, -0.1) is 0 Å². The summed E-state index contributed by atoms with van der Waals surface area (Å²) in [6.07, 6.45) is 0. The number of benzene rings is 2. The summed E-state index contributed by atoms with van der Waals surface area (Å²) in [4.78, 5) is 48.0. The first-order valence-electron chi connectivity index (χ1n) is 7.45. The molecule has 6 N–H and O–H groups in total. The van der Waals surface area contributed by atoms with E-state index in [0.717, 1.165) is 24.3 Å². The summed E-state index contributed by atoms with van der Waals surface area (Å²) in [6.45, 7) is 0. The van der Waals surface area contributed by atoms with Crippen molar-refractivity contribution in [2.24, 2.45) is 0 Å². The van der Waals surface area contributed by atoms with Crippen molar-refractivity contribution in [3.8, 4) is 11.5 Å². The fraction of sp³-hybridized carbons (Fsp3) is 0.0588. The Balaban J connectivity index is 2.47. The molecule has 0 unspecified atom stereocenters. The van der Waals surface area contributed by atoms with Gasteiger partial charge in [-0.25, -0.2) is 14.4 Å². The third kappa shape index (κ3) is 2.51. The van der Waals surface area contributed by atoms with Crippen LogP contribution in [0.25, 0.3) is 0 Å². The van der Waals surface area contributed by atoms with Crippen molar-refractivity contribution in [3.63, 3.8) is 0 Å². The van der Waals surface area contributed by atoms with Crippen LogP contribution in [0.5, 0.6) is 11.5 Å². The number of phenols is 2. The Morgan fingerprint density at radius 2 is 1.26 bits per heavy atom. The summed E-state index contributed by atoms with van der Waals surface area (Å²) >= 11 is 0. The normalized spacial score (nSPS) is 15.1. The average molecular weight is 372 g/mol. The quantitative estimate of drug-likeness (QED) is 0.423. The fourth-order valence-electron chi connectivity index (χ4n) is 3.13. The van der Waals surface area contributed by atoms with Gasteiger partial charge in [0.1, 0.15) is 22.6 Å². The molecule has 1 heterocycles. The topological polar surface area (TPSA) is 173 Å². The maximum atomic E-state index is 12.7. The van der Waals surface area contributed by atoms with Gasteiger partial charge in [0.2, 0.25) is 0 Å². The SMILES string of the molecule is O=C1NC(=O)C(c2cccc(O)c2C(=O)O)(c2cccc(O)c2C(=O)O)N1. The third-order valence-electron chi connectivity index (χ3n) is 4.19. The Kier molecular flexibility index (Phi) is 3.95. The smallest absolute Gasteiger partial charge is 0.339 e. The molecule has 2 aromatic rings. The zero-order valence-corrected chi connectivity index (χ0v) is 13.4. The minimum atomic E-state index is -2.30. The Bertz CT molecular complexity index is 950. The van der Waals surface area contributed by atoms with Crippen molar-refractivity contribution < 1.29 is 39.6 Å². The highest BCUT2D eigenvalue weighted by molar-refractivity contribution is 6.12. The Hall–Kier alpha value is -4.08. The van der Waals surface area contributed by atoms with Gasteiger partial charge in [-0.3, -0.25) is 10.1 Å². The molecule has 0 atom stereocenters.